The molecule has 0 saturated carbocycles. The molecule has 1 aromatic heterocycles. The molecule has 1 heterocycles. The lowest BCUT2D eigenvalue weighted by atomic mass is 10.1. The molecule has 3 aromatic rings. The van der Waals surface area contributed by atoms with Gasteiger partial charge in [0.25, 0.3) is 0 Å². The maximum Gasteiger partial charge on any atom is 0.224 e. The van der Waals surface area contributed by atoms with Crippen LogP contribution in [0.5, 0.6) is 0 Å². The van der Waals surface area contributed by atoms with Crippen molar-refractivity contribution in [1.29, 1.82) is 0 Å². The summed E-state index contributed by atoms with van der Waals surface area (Å²) in [6.45, 7) is 2.23. The molecule has 2 N–H and O–H groups in total. The Morgan fingerprint density at radius 1 is 0.875 bits per heavy atom. The molecule has 5 heteroatoms. The quantitative estimate of drug-likeness (QED) is 0.204. The van der Waals surface area contributed by atoms with Gasteiger partial charge in [0.2, 0.25) is 11.7 Å². The number of nitrogens with one attached hydrogen (secondary N) is 2. The first kappa shape index (κ1) is 24.1. The third kappa shape index (κ3) is 6.70. The van der Waals surface area contributed by atoms with Crippen LogP contribution < -0.4 is 5.32 Å². The molecule has 0 bridgehead atoms. The topological polar surface area (TPSA) is 62.0 Å². The van der Waals surface area contributed by atoms with Crippen LogP contribution in [-0.4, -0.2) is 16.7 Å². The molecule has 4 nitrogen and oxygen atoms in total. The summed E-state index contributed by atoms with van der Waals surface area (Å²) in [5, 5.41) is 4.36. The summed E-state index contributed by atoms with van der Waals surface area (Å²) >= 11 is 6.14. The first-order valence-corrected chi connectivity index (χ1v) is 12.2. The molecule has 1 amide bonds. The molecule has 32 heavy (non-hydrogen) atoms. The maximum atomic E-state index is 13.1. The number of fused-ring (bicyclic) bond motifs is 1. The van der Waals surface area contributed by atoms with Gasteiger partial charge >= 0.3 is 0 Å². The zero-order valence-electron chi connectivity index (χ0n) is 18.9. The number of hydrogen-bond donors (Lipinski definition) is 2. The number of benzene rings is 2. The lowest BCUT2D eigenvalue weighted by molar-refractivity contribution is -0.116. The fourth-order valence-corrected chi connectivity index (χ4v) is 4.17. The molecule has 0 fully saturated rings. The van der Waals surface area contributed by atoms with Gasteiger partial charge in [-0.2, -0.15) is 0 Å². The van der Waals surface area contributed by atoms with Crippen LogP contribution in [0, 0.1) is 0 Å². The van der Waals surface area contributed by atoms with Crippen LogP contribution in [0.1, 0.15) is 87.2 Å². The van der Waals surface area contributed by atoms with Crippen LogP contribution in [0.25, 0.3) is 10.9 Å². The smallest absolute Gasteiger partial charge is 0.224 e. The van der Waals surface area contributed by atoms with Gasteiger partial charge in [0.05, 0.1) is 5.69 Å². The molecule has 0 radical (unpaired) electrons. The number of hydrogen-bond acceptors (Lipinski definition) is 2. The second-order valence-corrected chi connectivity index (χ2v) is 8.82. The van der Waals surface area contributed by atoms with Gasteiger partial charge in [0.1, 0.15) is 5.69 Å². The maximum absolute atomic E-state index is 13.1. The highest BCUT2D eigenvalue weighted by atomic mass is 35.5. The summed E-state index contributed by atoms with van der Waals surface area (Å²) in [7, 11) is 0. The van der Waals surface area contributed by atoms with E-state index in [4.69, 9.17) is 11.6 Å². The number of carbonyl (C=O) groups is 2. The molecule has 0 aliphatic heterocycles. The summed E-state index contributed by atoms with van der Waals surface area (Å²) in [6, 6.07) is 14.5. The van der Waals surface area contributed by atoms with Crippen LogP contribution in [0.15, 0.2) is 48.5 Å². The van der Waals surface area contributed by atoms with Crippen LogP contribution >= 0.6 is 11.6 Å². The van der Waals surface area contributed by atoms with Gasteiger partial charge in [-0.15, -0.1) is 0 Å². The number of carbonyl (C=O) groups excluding carboxylic acids is 2. The van der Waals surface area contributed by atoms with E-state index in [1.54, 1.807) is 24.3 Å². The van der Waals surface area contributed by atoms with Crippen molar-refractivity contribution in [3.05, 3.63) is 64.8 Å². The van der Waals surface area contributed by atoms with Crippen LogP contribution in [0.2, 0.25) is 5.02 Å². The SMILES string of the molecule is CCCCCCCCCCCC(=O)Nc1c(C(=O)c2ccccc2)[nH]c2cc(Cl)ccc12. The van der Waals surface area contributed by atoms with E-state index < -0.39 is 0 Å². The molecule has 0 aliphatic rings. The van der Waals surface area contributed by atoms with Crippen molar-refractivity contribution in [2.24, 2.45) is 0 Å². The van der Waals surface area contributed by atoms with Gasteiger partial charge < -0.3 is 10.3 Å². The second kappa shape index (κ2) is 12.4. The normalized spacial score (nSPS) is 11.1. The Balaban J connectivity index is 1.61. The molecule has 0 saturated heterocycles. The highest BCUT2D eigenvalue weighted by molar-refractivity contribution is 6.31. The number of aromatic nitrogens is 1. The largest absolute Gasteiger partial charge is 0.350 e. The van der Waals surface area contributed by atoms with Gasteiger partial charge in [-0.05, 0) is 24.6 Å². The molecule has 0 spiro atoms. The number of aromatic amines is 1. The molecule has 2 aromatic carbocycles. The Bertz CT molecular complexity index is 1030. The third-order valence-electron chi connectivity index (χ3n) is 5.80. The highest BCUT2D eigenvalue weighted by Crippen LogP contribution is 2.31. The van der Waals surface area contributed by atoms with Gasteiger partial charge in [0, 0.05) is 27.9 Å². The van der Waals surface area contributed by atoms with Crippen LogP contribution in [0.4, 0.5) is 5.69 Å². The zero-order chi connectivity index (χ0) is 22.8. The minimum atomic E-state index is -0.156. The molecular weight excluding hydrogens is 420 g/mol. The summed E-state index contributed by atoms with van der Waals surface area (Å²) in [4.78, 5) is 29.0. The molecule has 0 atom stereocenters. The van der Waals surface area contributed by atoms with Gasteiger partial charge in [0.15, 0.2) is 0 Å². The number of rotatable bonds is 13. The minimum Gasteiger partial charge on any atom is -0.350 e. The number of anilines is 1. The Morgan fingerprint density at radius 2 is 1.53 bits per heavy atom. The first-order valence-electron chi connectivity index (χ1n) is 11.8. The van der Waals surface area contributed by atoms with E-state index in [1.165, 1.54) is 44.9 Å². The van der Waals surface area contributed by atoms with Gasteiger partial charge in [-0.1, -0.05) is 100 Å². The fourth-order valence-electron chi connectivity index (χ4n) is 4.00. The van der Waals surface area contributed by atoms with E-state index in [2.05, 4.69) is 17.2 Å². The van der Waals surface area contributed by atoms with Gasteiger partial charge in [-0.25, -0.2) is 0 Å². The lowest BCUT2D eigenvalue weighted by Crippen LogP contribution is -2.14. The number of halogens is 1. The van der Waals surface area contributed by atoms with Crippen molar-refractivity contribution in [1.82, 2.24) is 4.98 Å². The molecular formula is C27H33ClN2O2. The number of ketones is 1. The molecule has 3 rings (SSSR count). The lowest BCUT2D eigenvalue weighted by Gasteiger charge is -2.08. The average molecular weight is 453 g/mol. The van der Waals surface area contributed by atoms with Crippen molar-refractivity contribution in [2.45, 2.75) is 71.1 Å². The van der Waals surface area contributed by atoms with E-state index in [9.17, 15) is 9.59 Å². The Hall–Kier alpha value is -2.59. The van der Waals surface area contributed by atoms with Crippen molar-refractivity contribution < 1.29 is 9.59 Å². The molecule has 170 valence electrons. The highest BCUT2D eigenvalue weighted by Gasteiger charge is 2.21. The Kier molecular flexibility index (Phi) is 9.36. The standard InChI is InChI=1S/C27H33ClN2O2/c1-2-3-4-5-6-7-8-9-13-16-24(31)30-25-22-18-17-21(28)19-23(22)29-26(25)27(32)20-14-11-10-12-15-20/h10-12,14-15,17-19,29H,2-9,13,16H2,1H3,(H,30,31). The Labute approximate surface area is 195 Å². The number of unbranched alkanes of at least 4 members (excludes halogenated alkanes) is 8. The molecule has 0 unspecified atom stereocenters. The third-order valence-corrected chi connectivity index (χ3v) is 6.03. The minimum absolute atomic E-state index is 0.0640. The van der Waals surface area contributed by atoms with Crippen LogP contribution in [-0.2, 0) is 4.79 Å². The first-order chi connectivity index (χ1) is 15.6. The second-order valence-electron chi connectivity index (χ2n) is 8.39. The van der Waals surface area contributed by atoms with Crippen molar-refractivity contribution in [2.75, 3.05) is 5.32 Å². The summed E-state index contributed by atoms with van der Waals surface area (Å²) in [5.41, 5.74) is 2.22. The van der Waals surface area contributed by atoms with E-state index in [0.29, 0.717) is 28.4 Å². The average Bonchev–Trinajstić information content (AvgIpc) is 3.15. The van der Waals surface area contributed by atoms with E-state index in [0.717, 1.165) is 23.7 Å². The summed E-state index contributed by atoms with van der Waals surface area (Å²) < 4.78 is 0. The van der Waals surface area contributed by atoms with Crippen molar-refractivity contribution in [3.63, 3.8) is 0 Å². The van der Waals surface area contributed by atoms with Crippen molar-refractivity contribution in [3.8, 4) is 0 Å². The van der Waals surface area contributed by atoms with Crippen LogP contribution in [0.3, 0.4) is 0 Å². The molecule has 0 aliphatic carbocycles. The monoisotopic (exact) mass is 452 g/mol. The number of H-pyrrole nitrogens is 1. The summed E-state index contributed by atoms with van der Waals surface area (Å²) in [6.07, 6.45) is 11.3. The predicted octanol–water partition coefficient (Wildman–Crippen LogP) is 7.91. The van der Waals surface area contributed by atoms with E-state index >= 15 is 0 Å². The van der Waals surface area contributed by atoms with E-state index in [-0.39, 0.29) is 11.7 Å². The van der Waals surface area contributed by atoms with E-state index in [1.807, 2.05) is 24.3 Å². The number of amides is 1. The zero-order valence-corrected chi connectivity index (χ0v) is 19.6. The summed E-state index contributed by atoms with van der Waals surface area (Å²) in [5.74, 6) is -0.220. The Morgan fingerprint density at radius 3 is 2.22 bits per heavy atom. The predicted molar refractivity (Wildman–Crippen MR) is 134 cm³/mol. The van der Waals surface area contributed by atoms with Gasteiger partial charge in [-0.3, -0.25) is 9.59 Å². The van der Waals surface area contributed by atoms with Crippen molar-refractivity contribution >= 4 is 39.9 Å². The fraction of sp³-hybridized carbons (Fsp3) is 0.407.